The third kappa shape index (κ3) is 4.11. The monoisotopic (exact) mass is 342 g/mol. The fourth-order valence-corrected chi connectivity index (χ4v) is 3.48. The lowest BCUT2D eigenvalue weighted by Crippen LogP contribution is -2.46. The summed E-state index contributed by atoms with van der Waals surface area (Å²) >= 11 is 0. The number of anilines is 1. The maximum atomic E-state index is 11.4. The summed E-state index contributed by atoms with van der Waals surface area (Å²) in [5, 5.41) is 17.2. The number of amides is 1. The molecule has 4 N–H and O–H groups in total. The Bertz CT molecular complexity index is 690. The number of hydrogen-bond donors (Lipinski definition) is 3. The van der Waals surface area contributed by atoms with E-state index < -0.39 is 16.1 Å². The highest BCUT2D eigenvalue weighted by molar-refractivity contribution is 7.89. The molecule has 1 saturated heterocycles. The highest BCUT2D eigenvalue weighted by Gasteiger charge is 2.42. The zero-order valence-electron chi connectivity index (χ0n) is 13.2. The molecule has 9 heteroatoms. The van der Waals surface area contributed by atoms with Gasteiger partial charge in [0.05, 0.1) is 0 Å². The Balaban J connectivity index is 1.97. The first kappa shape index (κ1) is 17.5. The molecule has 1 aromatic heterocycles. The van der Waals surface area contributed by atoms with Gasteiger partial charge in [-0.1, -0.05) is 6.07 Å². The molecule has 0 radical (unpaired) electrons. The van der Waals surface area contributed by atoms with Gasteiger partial charge in [-0.15, -0.1) is 0 Å². The smallest absolute Gasteiger partial charge is 0.407 e. The van der Waals surface area contributed by atoms with Gasteiger partial charge in [-0.2, -0.15) is 0 Å². The summed E-state index contributed by atoms with van der Waals surface area (Å²) < 4.78 is 22.5. The van der Waals surface area contributed by atoms with Crippen LogP contribution in [0.5, 0.6) is 0 Å². The second-order valence-electron chi connectivity index (χ2n) is 6.28. The van der Waals surface area contributed by atoms with E-state index in [-0.39, 0.29) is 16.6 Å². The van der Waals surface area contributed by atoms with E-state index in [2.05, 4.69) is 10.3 Å². The molecule has 1 unspecified atom stereocenters. The topological polar surface area (TPSA) is 126 Å². The van der Waals surface area contributed by atoms with Crippen LogP contribution in [0.15, 0.2) is 23.2 Å². The van der Waals surface area contributed by atoms with E-state index in [1.54, 1.807) is 12.1 Å². The standard InChI is InChI=1S/C14H22N4O4S/c1-14(2)8-6-10(18(14)13(19)20)7-9-16-11-4-3-5-12(17-11)23(15,21)22/h3-5,10H,6-9H2,1-2H3,(H,16,17)(H,19,20)(H2,15,21,22). The van der Waals surface area contributed by atoms with Gasteiger partial charge in [-0.25, -0.2) is 23.3 Å². The van der Waals surface area contributed by atoms with Crippen LogP contribution in [0.3, 0.4) is 0 Å². The van der Waals surface area contributed by atoms with Crippen molar-refractivity contribution in [1.29, 1.82) is 0 Å². The van der Waals surface area contributed by atoms with E-state index in [1.165, 1.54) is 11.0 Å². The molecule has 0 spiro atoms. The first-order chi connectivity index (χ1) is 10.6. The number of nitrogens with zero attached hydrogens (tertiary/aromatic N) is 2. The van der Waals surface area contributed by atoms with E-state index in [4.69, 9.17) is 5.14 Å². The molecule has 128 valence electrons. The van der Waals surface area contributed by atoms with Crippen molar-refractivity contribution in [3.8, 4) is 0 Å². The Morgan fingerprint density at radius 2 is 2.22 bits per heavy atom. The molecule has 2 heterocycles. The maximum Gasteiger partial charge on any atom is 0.407 e. The number of sulfonamides is 1. The summed E-state index contributed by atoms with van der Waals surface area (Å²) in [4.78, 5) is 16.9. The molecule has 1 amide bonds. The highest BCUT2D eigenvalue weighted by atomic mass is 32.2. The SMILES string of the molecule is CC1(C)CCC(CCNc2cccc(S(N)(=O)=O)n2)N1C(=O)O. The van der Waals surface area contributed by atoms with Gasteiger partial charge in [0.1, 0.15) is 5.82 Å². The number of likely N-dealkylation sites (tertiary alicyclic amines) is 1. The molecule has 1 fully saturated rings. The number of carboxylic acid groups (broad SMARTS) is 1. The first-order valence-electron chi connectivity index (χ1n) is 7.37. The average molecular weight is 342 g/mol. The molecule has 0 saturated carbocycles. The summed E-state index contributed by atoms with van der Waals surface area (Å²) in [6.07, 6.45) is 1.35. The van der Waals surface area contributed by atoms with Gasteiger partial charge in [0.15, 0.2) is 5.03 Å². The third-order valence-electron chi connectivity index (χ3n) is 4.11. The van der Waals surface area contributed by atoms with Gasteiger partial charge in [0.25, 0.3) is 10.0 Å². The molecule has 0 aromatic carbocycles. The van der Waals surface area contributed by atoms with Gasteiger partial charge < -0.3 is 15.3 Å². The van der Waals surface area contributed by atoms with Crippen molar-refractivity contribution in [2.24, 2.45) is 5.14 Å². The predicted octanol–water partition coefficient (Wildman–Crippen LogP) is 1.45. The number of nitrogens with two attached hydrogens (primary N) is 1. The largest absolute Gasteiger partial charge is 0.465 e. The van der Waals surface area contributed by atoms with Crippen LogP contribution in [0.4, 0.5) is 10.6 Å². The van der Waals surface area contributed by atoms with Crippen LogP contribution in [-0.2, 0) is 10.0 Å². The van der Waals surface area contributed by atoms with Gasteiger partial charge in [0.2, 0.25) is 0 Å². The van der Waals surface area contributed by atoms with Crippen LogP contribution in [0.2, 0.25) is 0 Å². The van der Waals surface area contributed by atoms with Gasteiger partial charge in [-0.3, -0.25) is 0 Å². The van der Waals surface area contributed by atoms with Crippen molar-refractivity contribution in [3.63, 3.8) is 0 Å². The van der Waals surface area contributed by atoms with Crippen LogP contribution in [0.1, 0.15) is 33.1 Å². The van der Waals surface area contributed by atoms with Crippen LogP contribution in [0.25, 0.3) is 0 Å². The Kier molecular flexibility index (Phi) is 4.81. The predicted molar refractivity (Wildman–Crippen MR) is 85.7 cm³/mol. The van der Waals surface area contributed by atoms with E-state index in [0.29, 0.717) is 18.8 Å². The van der Waals surface area contributed by atoms with Gasteiger partial charge >= 0.3 is 6.09 Å². The number of nitrogens with one attached hydrogen (secondary N) is 1. The van der Waals surface area contributed by atoms with Gasteiger partial charge in [-0.05, 0) is 45.2 Å². The highest BCUT2D eigenvalue weighted by Crippen LogP contribution is 2.34. The Hall–Kier alpha value is -1.87. The van der Waals surface area contributed by atoms with E-state index in [0.717, 1.165) is 12.8 Å². The summed E-state index contributed by atoms with van der Waals surface area (Å²) in [5.74, 6) is 0.399. The number of hydrogen-bond acceptors (Lipinski definition) is 5. The Morgan fingerprint density at radius 3 is 2.83 bits per heavy atom. The van der Waals surface area contributed by atoms with Crippen LogP contribution < -0.4 is 10.5 Å². The zero-order chi connectivity index (χ0) is 17.3. The van der Waals surface area contributed by atoms with Crippen molar-refractivity contribution < 1.29 is 18.3 Å². The Morgan fingerprint density at radius 1 is 1.52 bits per heavy atom. The van der Waals surface area contributed by atoms with E-state index in [9.17, 15) is 18.3 Å². The van der Waals surface area contributed by atoms with Gasteiger partial charge in [0, 0.05) is 18.1 Å². The lowest BCUT2D eigenvalue weighted by atomic mass is 10.0. The second kappa shape index (κ2) is 6.32. The lowest BCUT2D eigenvalue weighted by Gasteiger charge is -2.33. The van der Waals surface area contributed by atoms with Crippen molar-refractivity contribution >= 4 is 21.9 Å². The van der Waals surface area contributed by atoms with Crippen molar-refractivity contribution in [2.45, 2.75) is 49.7 Å². The molecule has 0 aliphatic carbocycles. The molecule has 1 aliphatic heterocycles. The summed E-state index contributed by atoms with van der Waals surface area (Å²) in [6, 6.07) is 4.46. The minimum absolute atomic E-state index is 0.0589. The zero-order valence-corrected chi connectivity index (χ0v) is 14.0. The number of rotatable bonds is 5. The molecule has 1 aromatic rings. The van der Waals surface area contributed by atoms with E-state index in [1.807, 2.05) is 13.8 Å². The molecule has 1 aliphatic rings. The van der Waals surface area contributed by atoms with Crippen molar-refractivity contribution in [2.75, 3.05) is 11.9 Å². The van der Waals surface area contributed by atoms with Crippen LogP contribution >= 0.6 is 0 Å². The third-order valence-corrected chi connectivity index (χ3v) is 4.92. The lowest BCUT2D eigenvalue weighted by molar-refractivity contribution is 0.0947. The molecule has 8 nitrogen and oxygen atoms in total. The number of pyridine rings is 1. The quantitative estimate of drug-likeness (QED) is 0.743. The second-order valence-corrected chi connectivity index (χ2v) is 7.79. The van der Waals surface area contributed by atoms with Crippen LogP contribution in [-0.4, -0.2) is 47.6 Å². The normalized spacial score (nSPS) is 20.5. The summed E-state index contributed by atoms with van der Waals surface area (Å²) in [5.41, 5.74) is -0.359. The molecule has 0 bridgehead atoms. The fourth-order valence-electron chi connectivity index (χ4n) is 2.99. The molecular formula is C14H22N4O4S. The van der Waals surface area contributed by atoms with E-state index >= 15 is 0 Å². The van der Waals surface area contributed by atoms with Crippen LogP contribution in [0, 0.1) is 0 Å². The summed E-state index contributed by atoms with van der Waals surface area (Å²) in [7, 11) is -3.84. The number of aromatic nitrogens is 1. The first-order valence-corrected chi connectivity index (χ1v) is 8.92. The number of carbonyl (C=O) groups is 1. The Labute approximate surface area is 135 Å². The molecule has 1 atom stereocenters. The minimum Gasteiger partial charge on any atom is -0.465 e. The summed E-state index contributed by atoms with van der Waals surface area (Å²) in [6.45, 7) is 4.34. The fraction of sp³-hybridized carbons (Fsp3) is 0.571. The maximum absolute atomic E-state index is 11.4. The molecule has 2 rings (SSSR count). The van der Waals surface area contributed by atoms with Crippen molar-refractivity contribution in [3.05, 3.63) is 18.2 Å². The average Bonchev–Trinajstić information content (AvgIpc) is 2.73. The molecular weight excluding hydrogens is 320 g/mol. The molecule has 23 heavy (non-hydrogen) atoms. The van der Waals surface area contributed by atoms with Crippen molar-refractivity contribution in [1.82, 2.24) is 9.88 Å². The minimum atomic E-state index is -3.84. The number of primary sulfonamides is 1.